The summed E-state index contributed by atoms with van der Waals surface area (Å²) in [5, 5.41) is 0.286. The summed E-state index contributed by atoms with van der Waals surface area (Å²) in [6.45, 7) is 0. The van der Waals surface area contributed by atoms with Crippen molar-refractivity contribution in [3.8, 4) is 17.2 Å². The summed E-state index contributed by atoms with van der Waals surface area (Å²) in [6.07, 6.45) is -1.61. The van der Waals surface area contributed by atoms with Crippen LogP contribution in [0.25, 0.3) is 23.1 Å². The Balaban J connectivity index is 1.91. The lowest BCUT2D eigenvalue weighted by atomic mass is 10.1. The Kier molecular flexibility index (Phi) is 5.30. The number of fused-ring (bicyclic) bond motifs is 1. The second-order valence-corrected chi connectivity index (χ2v) is 5.67. The van der Waals surface area contributed by atoms with Crippen LogP contribution in [-0.4, -0.2) is 20.6 Å². The Bertz CT molecular complexity index is 1070. The van der Waals surface area contributed by atoms with Gasteiger partial charge in [-0.2, -0.15) is 0 Å². The minimum absolute atomic E-state index is 0.267. The fraction of sp³-hybridized carbons (Fsp3) is 0.150. The minimum Gasteiger partial charge on any atom is -0.496 e. The molecule has 0 unspecified atom stereocenters. The molecule has 0 bridgehead atoms. The molecule has 0 spiro atoms. The van der Waals surface area contributed by atoms with E-state index >= 15 is 0 Å². The summed E-state index contributed by atoms with van der Waals surface area (Å²) in [5.74, 6) is 0.747. The molecule has 1 heterocycles. The van der Waals surface area contributed by atoms with Gasteiger partial charge < -0.3 is 18.6 Å². The second kappa shape index (κ2) is 7.67. The van der Waals surface area contributed by atoms with E-state index in [1.165, 1.54) is 50.6 Å². The first-order valence-corrected chi connectivity index (χ1v) is 8.03. The highest BCUT2D eigenvalue weighted by Crippen LogP contribution is 2.30. The van der Waals surface area contributed by atoms with Crippen molar-refractivity contribution in [2.75, 3.05) is 14.2 Å². The van der Waals surface area contributed by atoms with Crippen molar-refractivity contribution in [3.63, 3.8) is 0 Å². The molecule has 0 radical (unpaired) electrons. The Morgan fingerprint density at radius 2 is 1.64 bits per heavy atom. The summed E-state index contributed by atoms with van der Waals surface area (Å²) in [7, 11) is 2.92. The second-order valence-electron chi connectivity index (χ2n) is 5.67. The summed E-state index contributed by atoms with van der Waals surface area (Å²) in [6, 6.07) is 9.73. The lowest BCUT2D eigenvalue weighted by Crippen LogP contribution is -2.16. The molecule has 8 heteroatoms. The summed E-state index contributed by atoms with van der Waals surface area (Å²) in [4.78, 5) is 12.4. The van der Waals surface area contributed by atoms with Gasteiger partial charge in [0.05, 0.1) is 14.2 Å². The molecule has 5 nitrogen and oxygen atoms in total. The Morgan fingerprint density at radius 3 is 2.25 bits per heavy atom. The quantitative estimate of drug-likeness (QED) is 0.620. The van der Waals surface area contributed by atoms with Gasteiger partial charge in [-0.05, 0) is 23.8 Å². The van der Waals surface area contributed by atoms with Crippen LogP contribution >= 0.6 is 0 Å². The average Bonchev–Trinajstić information content (AvgIpc) is 2.65. The standard InChI is InChI=1S/C20H15F3O5/c1-25-15-10-17(26-2)19-16(24)9-14(27-18(19)11-15)8-5-12-3-6-13(7-4-12)28-20(21,22)23/h3-11H,1-2H3. The average molecular weight is 392 g/mol. The molecule has 3 rings (SSSR count). The molecule has 1 aromatic heterocycles. The number of ether oxygens (including phenoxy) is 3. The van der Waals surface area contributed by atoms with Crippen molar-refractivity contribution in [1.82, 2.24) is 0 Å². The number of benzene rings is 2. The third-order valence-electron chi connectivity index (χ3n) is 3.80. The van der Waals surface area contributed by atoms with Crippen molar-refractivity contribution in [1.29, 1.82) is 0 Å². The highest BCUT2D eigenvalue weighted by Gasteiger charge is 2.30. The number of halogens is 3. The number of hydrogen-bond acceptors (Lipinski definition) is 5. The SMILES string of the molecule is COc1cc(OC)c2c(=O)cc(C=Cc3ccc(OC(F)(F)F)cc3)oc2c1. The van der Waals surface area contributed by atoms with Crippen molar-refractivity contribution in [3.05, 3.63) is 64.0 Å². The van der Waals surface area contributed by atoms with Gasteiger partial charge in [0.15, 0.2) is 5.43 Å². The van der Waals surface area contributed by atoms with Crippen LogP contribution in [0.4, 0.5) is 13.2 Å². The van der Waals surface area contributed by atoms with Crippen LogP contribution in [0.2, 0.25) is 0 Å². The van der Waals surface area contributed by atoms with Crippen LogP contribution < -0.4 is 19.6 Å². The van der Waals surface area contributed by atoms with Crippen LogP contribution in [0.15, 0.2) is 51.7 Å². The molecule has 0 saturated heterocycles. The first-order chi connectivity index (χ1) is 13.3. The zero-order valence-electron chi connectivity index (χ0n) is 14.9. The molecule has 28 heavy (non-hydrogen) atoms. The van der Waals surface area contributed by atoms with Crippen LogP contribution in [0.5, 0.6) is 17.2 Å². The van der Waals surface area contributed by atoms with Gasteiger partial charge in [-0.1, -0.05) is 18.2 Å². The number of methoxy groups -OCH3 is 2. The third-order valence-corrected chi connectivity index (χ3v) is 3.80. The van der Waals surface area contributed by atoms with E-state index in [1.807, 2.05) is 0 Å². The van der Waals surface area contributed by atoms with Gasteiger partial charge in [0, 0.05) is 18.2 Å². The maximum atomic E-state index is 12.4. The van der Waals surface area contributed by atoms with E-state index in [9.17, 15) is 18.0 Å². The van der Waals surface area contributed by atoms with Crippen molar-refractivity contribution < 1.29 is 31.8 Å². The van der Waals surface area contributed by atoms with Crippen LogP contribution in [0.3, 0.4) is 0 Å². The fourth-order valence-electron chi connectivity index (χ4n) is 2.57. The topological polar surface area (TPSA) is 57.9 Å². The zero-order chi connectivity index (χ0) is 20.3. The van der Waals surface area contributed by atoms with Crippen LogP contribution in [-0.2, 0) is 0 Å². The monoisotopic (exact) mass is 392 g/mol. The van der Waals surface area contributed by atoms with E-state index < -0.39 is 6.36 Å². The first kappa shape index (κ1) is 19.3. The minimum atomic E-state index is -4.74. The summed E-state index contributed by atoms with van der Waals surface area (Å²) >= 11 is 0. The van der Waals surface area contributed by atoms with Gasteiger partial charge in [0.25, 0.3) is 0 Å². The van der Waals surface area contributed by atoms with Gasteiger partial charge in [-0.25, -0.2) is 0 Å². The smallest absolute Gasteiger partial charge is 0.496 e. The van der Waals surface area contributed by atoms with Crippen LogP contribution in [0, 0.1) is 0 Å². The van der Waals surface area contributed by atoms with Crippen molar-refractivity contribution in [2.45, 2.75) is 6.36 Å². The normalized spacial score (nSPS) is 11.8. The van der Waals surface area contributed by atoms with E-state index in [1.54, 1.807) is 18.2 Å². The summed E-state index contributed by atoms with van der Waals surface area (Å²) < 4.78 is 56.5. The number of rotatable bonds is 5. The maximum absolute atomic E-state index is 12.4. The molecule has 2 aromatic carbocycles. The van der Waals surface area contributed by atoms with Crippen molar-refractivity contribution >= 4 is 23.1 Å². The number of alkyl halides is 3. The highest BCUT2D eigenvalue weighted by atomic mass is 19.4. The molecule has 0 saturated carbocycles. The summed E-state index contributed by atoms with van der Waals surface area (Å²) in [5.41, 5.74) is 0.590. The Labute approximate surface area is 157 Å². The highest BCUT2D eigenvalue weighted by molar-refractivity contribution is 5.86. The maximum Gasteiger partial charge on any atom is 0.573 e. The molecule has 0 aliphatic heterocycles. The third kappa shape index (κ3) is 4.46. The van der Waals surface area contributed by atoms with Crippen LogP contribution in [0.1, 0.15) is 11.3 Å². The van der Waals surface area contributed by atoms with E-state index in [0.717, 1.165) is 0 Å². The van der Waals surface area contributed by atoms with Gasteiger partial charge in [0.2, 0.25) is 0 Å². The molecular weight excluding hydrogens is 377 g/mol. The van der Waals surface area contributed by atoms with E-state index in [4.69, 9.17) is 13.9 Å². The first-order valence-electron chi connectivity index (χ1n) is 8.03. The largest absolute Gasteiger partial charge is 0.573 e. The molecule has 0 amide bonds. The molecule has 0 aliphatic rings. The Morgan fingerprint density at radius 1 is 0.929 bits per heavy atom. The molecule has 0 atom stereocenters. The van der Waals surface area contributed by atoms with Gasteiger partial charge >= 0.3 is 6.36 Å². The molecule has 3 aromatic rings. The number of hydrogen-bond donors (Lipinski definition) is 0. The lowest BCUT2D eigenvalue weighted by Gasteiger charge is -2.08. The molecule has 146 valence electrons. The van der Waals surface area contributed by atoms with E-state index in [2.05, 4.69) is 4.74 Å². The molecule has 0 N–H and O–H groups in total. The predicted octanol–water partition coefficient (Wildman–Crippen LogP) is 4.88. The van der Waals surface area contributed by atoms with Gasteiger partial charge in [-0.15, -0.1) is 13.2 Å². The fourth-order valence-corrected chi connectivity index (χ4v) is 2.57. The van der Waals surface area contributed by atoms with Gasteiger partial charge in [-0.3, -0.25) is 4.79 Å². The van der Waals surface area contributed by atoms with E-state index in [0.29, 0.717) is 17.1 Å². The Hall–Kier alpha value is -3.42. The predicted molar refractivity (Wildman–Crippen MR) is 97.6 cm³/mol. The van der Waals surface area contributed by atoms with Gasteiger partial charge in [0.1, 0.15) is 34.0 Å². The molecule has 0 aliphatic carbocycles. The molecular formula is C20H15F3O5. The molecule has 0 fully saturated rings. The van der Waals surface area contributed by atoms with Crippen molar-refractivity contribution in [2.24, 2.45) is 0 Å². The lowest BCUT2D eigenvalue weighted by molar-refractivity contribution is -0.274. The zero-order valence-corrected chi connectivity index (χ0v) is 14.9. The van der Waals surface area contributed by atoms with E-state index in [-0.39, 0.29) is 27.9 Å².